The Bertz CT molecular complexity index is 703. The zero-order valence-electron chi connectivity index (χ0n) is 8.69. The normalized spacial score (nSPS) is 11.2. The van der Waals surface area contributed by atoms with Crippen molar-refractivity contribution in [1.29, 1.82) is 0 Å². The number of hydrogen-bond donors (Lipinski definition) is 0. The number of aromatic nitrogens is 4. The highest BCUT2D eigenvalue weighted by Crippen LogP contribution is 2.30. The van der Waals surface area contributed by atoms with Crippen molar-refractivity contribution >= 4 is 39.5 Å². The van der Waals surface area contributed by atoms with E-state index in [0.29, 0.717) is 10.0 Å². The molecule has 0 fully saturated rings. The maximum absolute atomic E-state index is 5.98. The number of aryl methyl sites for hydroxylation is 1. The summed E-state index contributed by atoms with van der Waals surface area (Å²) in [6, 6.07) is 5.44. The number of halogens is 2. The van der Waals surface area contributed by atoms with Crippen LogP contribution >= 0.6 is 34.5 Å². The molecule has 0 spiro atoms. The minimum absolute atomic E-state index is 0.520. The topological polar surface area (TPSA) is 43.1 Å². The molecule has 0 aliphatic carbocycles. The highest BCUT2D eigenvalue weighted by atomic mass is 35.5. The molecule has 0 saturated heterocycles. The third-order valence-electron chi connectivity index (χ3n) is 2.31. The molecule has 0 unspecified atom stereocenters. The summed E-state index contributed by atoms with van der Waals surface area (Å²) in [7, 11) is 0. The van der Waals surface area contributed by atoms with E-state index in [1.54, 1.807) is 16.6 Å². The molecular formula is C10H6Cl2N4S. The van der Waals surface area contributed by atoms with Gasteiger partial charge in [0.05, 0.1) is 10.0 Å². The molecule has 3 rings (SSSR count). The van der Waals surface area contributed by atoms with E-state index >= 15 is 0 Å². The lowest BCUT2D eigenvalue weighted by molar-refractivity contribution is 0.898. The van der Waals surface area contributed by atoms with Gasteiger partial charge < -0.3 is 0 Å². The molecule has 0 bridgehead atoms. The van der Waals surface area contributed by atoms with Gasteiger partial charge in [0.15, 0.2) is 5.82 Å². The monoisotopic (exact) mass is 284 g/mol. The van der Waals surface area contributed by atoms with Gasteiger partial charge in [0.2, 0.25) is 4.96 Å². The molecular weight excluding hydrogens is 279 g/mol. The van der Waals surface area contributed by atoms with Gasteiger partial charge in [-0.25, -0.2) is 0 Å². The molecule has 0 saturated carbocycles. The van der Waals surface area contributed by atoms with Gasteiger partial charge in [-0.2, -0.15) is 9.61 Å². The minimum Gasteiger partial charge on any atom is -0.187 e. The molecule has 3 aromatic rings. The van der Waals surface area contributed by atoms with Crippen molar-refractivity contribution in [2.75, 3.05) is 0 Å². The van der Waals surface area contributed by atoms with Crippen LogP contribution < -0.4 is 0 Å². The highest BCUT2D eigenvalue weighted by molar-refractivity contribution is 7.19. The maximum Gasteiger partial charge on any atom is 0.234 e. The van der Waals surface area contributed by atoms with Gasteiger partial charge in [0, 0.05) is 5.56 Å². The van der Waals surface area contributed by atoms with E-state index in [-0.39, 0.29) is 0 Å². The molecule has 2 aromatic heterocycles. The Morgan fingerprint density at radius 3 is 2.71 bits per heavy atom. The van der Waals surface area contributed by atoms with Crippen LogP contribution in [0.1, 0.15) is 5.82 Å². The average Bonchev–Trinajstić information content (AvgIpc) is 2.86. The van der Waals surface area contributed by atoms with Crippen LogP contribution in [0, 0.1) is 6.92 Å². The van der Waals surface area contributed by atoms with Crippen LogP contribution in [0.5, 0.6) is 0 Å². The Morgan fingerprint density at radius 2 is 2.00 bits per heavy atom. The molecule has 0 radical (unpaired) electrons. The van der Waals surface area contributed by atoms with Crippen LogP contribution in [0.25, 0.3) is 15.5 Å². The van der Waals surface area contributed by atoms with Crippen molar-refractivity contribution < 1.29 is 0 Å². The summed E-state index contributed by atoms with van der Waals surface area (Å²) in [4.78, 5) is 0.767. The summed E-state index contributed by atoms with van der Waals surface area (Å²) in [5, 5.41) is 14.3. The van der Waals surface area contributed by atoms with E-state index in [4.69, 9.17) is 23.2 Å². The standard InChI is InChI=1S/C10H6Cl2N4S/c1-5-13-14-10-16(5)15-9(17-10)6-2-3-7(11)8(12)4-6/h2-4H,1H3. The predicted octanol–water partition coefficient (Wildman–Crippen LogP) is 3.47. The van der Waals surface area contributed by atoms with Crippen LogP contribution in [0.4, 0.5) is 0 Å². The quantitative estimate of drug-likeness (QED) is 0.687. The number of rotatable bonds is 1. The molecule has 0 atom stereocenters. The Kier molecular flexibility index (Phi) is 2.54. The first-order chi connectivity index (χ1) is 8.15. The molecule has 86 valence electrons. The van der Waals surface area contributed by atoms with Crippen molar-refractivity contribution in [3.05, 3.63) is 34.1 Å². The average molecular weight is 285 g/mol. The number of benzene rings is 1. The fraction of sp³-hybridized carbons (Fsp3) is 0.100. The van der Waals surface area contributed by atoms with E-state index in [2.05, 4.69) is 15.3 Å². The molecule has 7 heteroatoms. The molecule has 0 aliphatic rings. The summed E-state index contributed by atoms with van der Waals surface area (Å²) in [6.07, 6.45) is 0. The van der Waals surface area contributed by atoms with E-state index in [9.17, 15) is 0 Å². The van der Waals surface area contributed by atoms with Crippen LogP contribution in [-0.2, 0) is 0 Å². The lowest BCUT2D eigenvalue weighted by Gasteiger charge is -1.98. The maximum atomic E-state index is 5.98. The first kappa shape index (κ1) is 11.0. The van der Waals surface area contributed by atoms with Gasteiger partial charge in [0.25, 0.3) is 0 Å². The Morgan fingerprint density at radius 1 is 1.18 bits per heavy atom. The van der Waals surface area contributed by atoms with Crippen molar-refractivity contribution in [1.82, 2.24) is 19.8 Å². The van der Waals surface area contributed by atoms with Crippen LogP contribution in [0.3, 0.4) is 0 Å². The first-order valence-electron chi connectivity index (χ1n) is 4.79. The summed E-state index contributed by atoms with van der Waals surface area (Å²) in [5.74, 6) is 0.766. The molecule has 17 heavy (non-hydrogen) atoms. The smallest absolute Gasteiger partial charge is 0.187 e. The summed E-state index contributed by atoms with van der Waals surface area (Å²) < 4.78 is 1.71. The minimum atomic E-state index is 0.520. The Balaban J connectivity index is 2.16. The number of nitrogens with zero attached hydrogens (tertiary/aromatic N) is 4. The molecule has 2 heterocycles. The third kappa shape index (κ3) is 1.80. The molecule has 4 nitrogen and oxygen atoms in total. The summed E-state index contributed by atoms with van der Waals surface area (Å²) in [5.41, 5.74) is 0.925. The number of fused-ring (bicyclic) bond motifs is 1. The molecule has 0 aliphatic heterocycles. The molecule has 1 aromatic carbocycles. The van der Waals surface area contributed by atoms with E-state index in [1.165, 1.54) is 11.3 Å². The second-order valence-electron chi connectivity index (χ2n) is 3.48. The zero-order chi connectivity index (χ0) is 12.0. The SMILES string of the molecule is Cc1nnc2sc(-c3ccc(Cl)c(Cl)c3)nn12. The van der Waals surface area contributed by atoms with Crippen molar-refractivity contribution in [2.24, 2.45) is 0 Å². The number of hydrogen-bond acceptors (Lipinski definition) is 4. The lowest BCUT2D eigenvalue weighted by atomic mass is 10.2. The van der Waals surface area contributed by atoms with Crippen LogP contribution in [0.15, 0.2) is 18.2 Å². The highest BCUT2D eigenvalue weighted by Gasteiger charge is 2.11. The zero-order valence-corrected chi connectivity index (χ0v) is 11.0. The fourth-order valence-electron chi connectivity index (χ4n) is 1.46. The van der Waals surface area contributed by atoms with Gasteiger partial charge in [-0.3, -0.25) is 0 Å². The van der Waals surface area contributed by atoms with Crippen molar-refractivity contribution in [3.8, 4) is 10.6 Å². The van der Waals surface area contributed by atoms with E-state index in [0.717, 1.165) is 21.4 Å². The second kappa shape index (κ2) is 3.94. The van der Waals surface area contributed by atoms with Crippen LogP contribution in [-0.4, -0.2) is 19.8 Å². The van der Waals surface area contributed by atoms with Crippen molar-refractivity contribution in [2.45, 2.75) is 6.92 Å². The van der Waals surface area contributed by atoms with Gasteiger partial charge >= 0.3 is 0 Å². The fourth-order valence-corrected chi connectivity index (χ4v) is 2.64. The van der Waals surface area contributed by atoms with E-state index in [1.807, 2.05) is 13.0 Å². The lowest BCUT2D eigenvalue weighted by Crippen LogP contribution is -1.88. The molecule has 0 N–H and O–H groups in total. The van der Waals surface area contributed by atoms with Gasteiger partial charge in [-0.15, -0.1) is 10.2 Å². The second-order valence-corrected chi connectivity index (χ2v) is 5.25. The van der Waals surface area contributed by atoms with Gasteiger partial charge in [-0.1, -0.05) is 40.6 Å². The Labute approximate surface area is 111 Å². The van der Waals surface area contributed by atoms with E-state index < -0.39 is 0 Å². The third-order valence-corrected chi connectivity index (χ3v) is 4.00. The van der Waals surface area contributed by atoms with Crippen molar-refractivity contribution in [3.63, 3.8) is 0 Å². The van der Waals surface area contributed by atoms with Gasteiger partial charge in [-0.05, 0) is 19.1 Å². The first-order valence-corrected chi connectivity index (χ1v) is 6.36. The summed E-state index contributed by atoms with van der Waals surface area (Å²) >= 11 is 13.3. The molecule has 0 amide bonds. The Hall–Kier alpha value is -1.17. The van der Waals surface area contributed by atoms with Gasteiger partial charge in [0.1, 0.15) is 5.01 Å². The summed E-state index contributed by atoms with van der Waals surface area (Å²) in [6.45, 7) is 1.86. The van der Waals surface area contributed by atoms with Crippen LogP contribution in [0.2, 0.25) is 10.0 Å². The largest absolute Gasteiger partial charge is 0.234 e. The predicted molar refractivity (Wildman–Crippen MR) is 68.9 cm³/mol.